The van der Waals surface area contributed by atoms with Gasteiger partial charge in [-0.25, -0.2) is 0 Å². The molecule has 0 unspecified atom stereocenters. The summed E-state index contributed by atoms with van der Waals surface area (Å²) in [6.45, 7) is 6.41. The van der Waals surface area contributed by atoms with Crippen LogP contribution in [0.25, 0.3) is 0 Å². The van der Waals surface area contributed by atoms with Gasteiger partial charge in [-0.1, -0.05) is 233 Å². The third-order valence-electron chi connectivity index (χ3n) is 11.3. The van der Waals surface area contributed by atoms with Gasteiger partial charge >= 0.3 is 17.9 Å². The minimum atomic E-state index is -0.818. The number of hydrogen-bond acceptors (Lipinski definition) is 6. The van der Waals surface area contributed by atoms with Crippen LogP contribution in [0.5, 0.6) is 0 Å². The van der Waals surface area contributed by atoms with Gasteiger partial charge in [0.2, 0.25) is 0 Å². The first-order valence-electron chi connectivity index (χ1n) is 27.4. The van der Waals surface area contributed by atoms with Crippen molar-refractivity contribution in [3.63, 3.8) is 0 Å². The smallest absolute Gasteiger partial charge is 0.306 e. The number of carbonyl (C=O) groups is 3. The molecule has 0 saturated carbocycles. The first kappa shape index (κ1) is 63.1. The van der Waals surface area contributed by atoms with E-state index in [9.17, 15) is 14.4 Å². The fourth-order valence-electron chi connectivity index (χ4n) is 7.18. The van der Waals surface area contributed by atoms with Crippen LogP contribution in [0.2, 0.25) is 0 Å². The van der Waals surface area contributed by atoms with Crippen LogP contribution in [-0.4, -0.2) is 37.2 Å². The van der Waals surface area contributed by atoms with Crippen molar-refractivity contribution >= 4 is 17.9 Å². The van der Waals surface area contributed by atoms with Crippen LogP contribution in [0.1, 0.15) is 239 Å². The zero-order valence-electron chi connectivity index (χ0n) is 43.4. The van der Waals surface area contributed by atoms with Crippen molar-refractivity contribution in [2.45, 2.75) is 245 Å². The second-order valence-electron chi connectivity index (χ2n) is 17.8. The second-order valence-corrected chi connectivity index (χ2v) is 17.8. The number of unbranched alkanes of at least 4 members (excludes halogenated alkanes) is 19. The Bertz CT molecular complexity index is 1390. The van der Waals surface area contributed by atoms with Crippen molar-refractivity contribution in [2.24, 2.45) is 0 Å². The zero-order chi connectivity index (χ0) is 48.6. The molecule has 0 saturated heterocycles. The molecule has 380 valence electrons. The highest BCUT2D eigenvalue weighted by atomic mass is 16.6. The second kappa shape index (κ2) is 54.7. The molecule has 0 aliphatic rings. The average Bonchev–Trinajstić information content (AvgIpc) is 3.33. The third kappa shape index (κ3) is 52.9. The maximum absolute atomic E-state index is 12.8. The molecule has 0 aliphatic carbocycles. The van der Waals surface area contributed by atoms with Gasteiger partial charge in [-0.3, -0.25) is 14.4 Å². The van der Waals surface area contributed by atoms with E-state index in [0.29, 0.717) is 19.3 Å². The highest BCUT2D eigenvalue weighted by Gasteiger charge is 2.19. The van der Waals surface area contributed by atoms with E-state index in [1.807, 2.05) is 6.08 Å². The highest BCUT2D eigenvalue weighted by Crippen LogP contribution is 2.14. The molecular formula is C61H100O6. The lowest BCUT2D eigenvalue weighted by Crippen LogP contribution is -2.30. The van der Waals surface area contributed by atoms with Crippen molar-refractivity contribution in [3.8, 4) is 0 Å². The summed E-state index contributed by atoms with van der Waals surface area (Å²) in [5.74, 6) is -1.02. The topological polar surface area (TPSA) is 78.9 Å². The fraction of sp³-hybridized carbons (Fsp3) is 0.656. The lowest BCUT2D eigenvalue weighted by Gasteiger charge is -2.18. The van der Waals surface area contributed by atoms with E-state index >= 15 is 0 Å². The Balaban J connectivity index is 4.53. The van der Waals surface area contributed by atoms with Gasteiger partial charge in [0.05, 0.1) is 0 Å². The Morgan fingerprint density at radius 2 is 0.612 bits per heavy atom. The number of allylic oxidation sites excluding steroid dienone is 18. The van der Waals surface area contributed by atoms with Gasteiger partial charge < -0.3 is 14.2 Å². The van der Waals surface area contributed by atoms with Gasteiger partial charge in [0.15, 0.2) is 6.10 Å². The van der Waals surface area contributed by atoms with E-state index in [1.165, 1.54) is 89.9 Å². The predicted molar refractivity (Wildman–Crippen MR) is 288 cm³/mol. The standard InChI is InChI=1S/C61H100O6/c1-4-7-10-13-16-19-22-25-27-29-30-32-34-37-39-42-45-48-51-54-60(63)66-57-58(67-61(64)55-52-49-46-43-40-35-24-21-18-15-12-9-6-3)56-65-59(62)53-50-47-44-41-38-36-33-31-28-26-23-20-17-14-11-8-5-2/h7,10,16-17,19-20,25-28,30,32-33,36-37,39,45,48,58H,4-6,8-9,11-15,18,21-24,29,31,34-35,38,40-44,46-47,49-57H2,1-3H3/b10-7-,19-16-,20-17-,27-25-,28-26-,32-30-,36-33-,39-37-,48-45-/t58-/m0/s1. The molecule has 1 atom stereocenters. The lowest BCUT2D eigenvalue weighted by atomic mass is 10.0. The van der Waals surface area contributed by atoms with Crippen LogP contribution in [0.4, 0.5) is 0 Å². The predicted octanol–water partition coefficient (Wildman–Crippen LogP) is 18.3. The first-order chi connectivity index (χ1) is 33.0. The molecular weight excluding hydrogens is 829 g/mol. The number of hydrogen-bond donors (Lipinski definition) is 0. The van der Waals surface area contributed by atoms with Crippen LogP contribution in [-0.2, 0) is 28.6 Å². The van der Waals surface area contributed by atoms with E-state index in [4.69, 9.17) is 14.2 Å². The Labute approximate surface area is 412 Å². The Morgan fingerprint density at radius 3 is 1.03 bits per heavy atom. The summed E-state index contributed by atoms with van der Waals surface area (Å²) in [4.78, 5) is 38.0. The van der Waals surface area contributed by atoms with Crippen LogP contribution in [0.15, 0.2) is 109 Å². The molecule has 67 heavy (non-hydrogen) atoms. The van der Waals surface area contributed by atoms with Gasteiger partial charge in [-0.15, -0.1) is 0 Å². The summed E-state index contributed by atoms with van der Waals surface area (Å²) in [5, 5.41) is 0. The fourth-order valence-corrected chi connectivity index (χ4v) is 7.18. The number of carbonyl (C=O) groups excluding carboxylic acids is 3. The lowest BCUT2D eigenvalue weighted by molar-refractivity contribution is -0.166. The summed E-state index contributed by atoms with van der Waals surface area (Å²) in [6, 6.07) is 0. The molecule has 0 spiro atoms. The summed E-state index contributed by atoms with van der Waals surface area (Å²) in [6.07, 6.45) is 73.7. The van der Waals surface area contributed by atoms with Crippen LogP contribution < -0.4 is 0 Å². The number of rotatable bonds is 48. The van der Waals surface area contributed by atoms with Crippen molar-refractivity contribution in [1.82, 2.24) is 0 Å². The van der Waals surface area contributed by atoms with E-state index in [0.717, 1.165) is 103 Å². The van der Waals surface area contributed by atoms with Crippen LogP contribution in [0.3, 0.4) is 0 Å². The van der Waals surface area contributed by atoms with Crippen molar-refractivity contribution in [2.75, 3.05) is 13.2 Å². The molecule has 0 fully saturated rings. The highest BCUT2D eigenvalue weighted by molar-refractivity contribution is 5.71. The molecule has 6 nitrogen and oxygen atoms in total. The van der Waals surface area contributed by atoms with Gasteiger partial charge in [-0.05, 0) is 96.3 Å². The van der Waals surface area contributed by atoms with E-state index in [1.54, 1.807) is 0 Å². The SMILES string of the molecule is CC/C=C\C/C=C\C/C=C\C/C=C\C/C=C\C/C=C\CCC(=O)OC[C@H](COC(=O)CCCCCC/C=C\C/C=C\C/C=C\CCCCC)OC(=O)CCCCCCCCCCCCCCC. The van der Waals surface area contributed by atoms with Crippen molar-refractivity contribution in [3.05, 3.63) is 109 Å². The number of esters is 3. The minimum Gasteiger partial charge on any atom is -0.462 e. The van der Waals surface area contributed by atoms with Crippen LogP contribution >= 0.6 is 0 Å². The van der Waals surface area contributed by atoms with Crippen LogP contribution in [0, 0.1) is 0 Å². The molecule has 6 heteroatoms. The summed E-state index contributed by atoms with van der Waals surface area (Å²) in [7, 11) is 0. The van der Waals surface area contributed by atoms with E-state index in [-0.39, 0.29) is 37.5 Å². The first-order valence-corrected chi connectivity index (χ1v) is 27.4. The summed E-state index contributed by atoms with van der Waals surface area (Å²) in [5.41, 5.74) is 0. The van der Waals surface area contributed by atoms with Gasteiger partial charge in [0.1, 0.15) is 13.2 Å². The monoisotopic (exact) mass is 929 g/mol. The third-order valence-corrected chi connectivity index (χ3v) is 11.3. The quantitative estimate of drug-likeness (QED) is 0.0262. The Hall–Kier alpha value is -3.93. The largest absolute Gasteiger partial charge is 0.462 e. The molecule has 0 aromatic carbocycles. The maximum atomic E-state index is 12.8. The minimum absolute atomic E-state index is 0.113. The molecule has 0 aromatic rings. The van der Waals surface area contributed by atoms with E-state index < -0.39 is 6.10 Å². The van der Waals surface area contributed by atoms with Gasteiger partial charge in [0.25, 0.3) is 0 Å². The summed E-state index contributed by atoms with van der Waals surface area (Å²) >= 11 is 0. The maximum Gasteiger partial charge on any atom is 0.306 e. The molecule has 0 aromatic heterocycles. The van der Waals surface area contributed by atoms with Crippen molar-refractivity contribution < 1.29 is 28.6 Å². The van der Waals surface area contributed by atoms with E-state index in [2.05, 4.69) is 124 Å². The summed E-state index contributed by atoms with van der Waals surface area (Å²) < 4.78 is 16.7. The van der Waals surface area contributed by atoms with Gasteiger partial charge in [-0.2, -0.15) is 0 Å². The van der Waals surface area contributed by atoms with Gasteiger partial charge in [0, 0.05) is 19.3 Å². The number of ether oxygens (including phenoxy) is 3. The molecule has 0 amide bonds. The van der Waals surface area contributed by atoms with Crippen molar-refractivity contribution in [1.29, 1.82) is 0 Å². The average molecular weight is 929 g/mol. The Morgan fingerprint density at radius 1 is 0.313 bits per heavy atom. The molecule has 0 heterocycles. The molecule has 0 aliphatic heterocycles. The normalized spacial score (nSPS) is 12.9. The Kier molecular flexibility index (Phi) is 51.5. The molecule has 0 radical (unpaired) electrons. The molecule has 0 N–H and O–H groups in total. The molecule has 0 rings (SSSR count). The molecule has 0 bridgehead atoms. The zero-order valence-corrected chi connectivity index (χ0v) is 43.4.